The molecule has 0 fully saturated rings. The van der Waals surface area contributed by atoms with Gasteiger partial charge >= 0.3 is 0 Å². The van der Waals surface area contributed by atoms with Crippen LogP contribution in [0.15, 0.2) is 18.2 Å². The van der Waals surface area contributed by atoms with E-state index < -0.39 is 0 Å². The van der Waals surface area contributed by atoms with Crippen LogP contribution in [0.2, 0.25) is 0 Å². The van der Waals surface area contributed by atoms with Gasteiger partial charge in [-0.1, -0.05) is 13.0 Å². The fourth-order valence-corrected chi connectivity index (χ4v) is 1.83. The van der Waals surface area contributed by atoms with E-state index in [4.69, 9.17) is 10.5 Å². The zero-order chi connectivity index (χ0) is 11.8. The third-order valence-corrected chi connectivity index (χ3v) is 2.98. The fraction of sp³-hybridized carbons (Fsp3) is 0.500. The average Bonchev–Trinajstić information content (AvgIpc) is 2.27. The summed E-state index contributed by atoms with van der Waals surface area (Å²) >= 11 is 1.78. The van der Waals surface area contributed by atoms with E-state index in [0.717, 1.165) is 17.1 Å². The number of nitrogens with two attached hydrogens (primary N) is 1. The van der Waals surface area contributed by atoms with E-state index in [0.29, 0.717) is 25.3 Å². The molecule has 4 heteroatoms. The van der Waals surface area contributed by atoms with Gasteiger partial charge in [-0.05, 0) is 36.4 Å². The number of hydrogen-bond donors (Lipinski definition) is 1. The lowest BCUT2D eigenvalue weighted by Gasteiger charge is -2.08. The van der Waals surface area contributed by atoms with E-state index in [-0.39, 0.29) is 5.82 Å². The van der Waals surface area contributed by atoms with Crippen LogP contribution in [0.4, 0.5) is 4.39 Å². The van der Waals surface area contributed by atoms with Crippen LogP contribution >= 0.6 is 11.8 Å². The van der Waals surface area contributed by atoms with Gasteiger partial charge in [-0.2, -0.15) is 11.8 Å². The lowest BCUT2D eigenvalue weighted by atomic mass is 10.1. The standard InChI is InChI=1S/C12H18FNOS/c1-2-16-8-7-15-12-4-3-10(5-6-14)9-11(12)13/h3-4,9H,2,5-8,14H2,1H3. The maximum absolute atomic E-state index is 13.5. The first-order chi connectivity index (χ1) is 7.77. The minimum atomic E-state index is -0.299. The molecule has 0 aliphatic heterocycles. The molecule has 2 nitrogen and oxygen atoms in total. The van der Waals surface area contributed by atoms with Crippen LogP contribution in [0, 0.1) is 5.82 Å². The molecule has 1 aromatic carbocycles. The van der Waals surface area contributed by atoms with Crippen LogP contribution in [-0.2, 0) is 6.42 Å². The summed E-state index contributed by atoms with van der Waals surface area (Å²) in [6.07, 6.45) is 0.697. The number of halogens is 1. The Morgan fingerprint density at radius 3 is 2.88 bits per heavy atom. The summed E-state index contributed by atoms with van der Waals surface area (Å²) in [5.74, 6) is 1.98. The lowest BCUT2D eigenvalue weighted by molar-refractivity contribution is 0.324. The van der Waals surface area contributed by atoms with Crippen molar-refractivity contribution in [3.05, 3.63) is 29.6 Å². The van der Waals surface area contributed by atoms with Crippen molar-refractivity contribution in [3.8, 4) is 5.75 Å². The van der Waals surface area contributed by atoms with E-state index in [1.54, 1.807) is 17.8 Å². The van der Waals surface area contributed by atoms with Crippen molar-refractivity contribution in [3.63, 3.8) is 0 Å². The first-order valence-electron chi connectivity index (χ1n) is 5.47. The summed E-state index contributed by atoms with van der Waals surface area (Å²) < 4.78 is 18.9. The van der Waals surface area contributed by atoms with Crippen LogP contribution in [0.3, 0.4) is 0 Å². The van der Waals surface area contributed by atoms with Crippen molar-refractivity contribution in [2.45, 2.75) is 13.3 Å². The average molecular weight is 243 g/mol. The molecular weight excluding hydrogens is 225 g/mol. The first-order valence-corrected chi connectivity index (χ1v) is 6.62. The van der Waals surface area contributed by atoms with Crippen molar-refractivity contribution >= 4 is 11.8 Å². The summed E-state index contributed by atoms with van der Waals surface area (Å²) in [7, 11) is 0. The second-order valence-corrected chi connectivity index (χ2v) is 4.74. The summed E-state index contributed by atoms with van der Waals surface area (Å²) in [5, 5.41) is 0. The third-order valence-electron chi connectivity index (χ3n) is 2.12. The highest BCUT2D eigenvalue weighted by Gasteiger charge is 2.04. The quantitative estimate of drug-likeness (QED) is 0.747. The van der Waals surface area contributed by atoms with Gasteiger partial charge in [-0.3, -0.25) is 0 Å². The molecular formula is C12H18FNOS. The van der Waals surface area contributed by atoms with Crippen molar-refractivity contribution < 1.29 is 9.13 Å². The van der Waals surface area contributed by atoms with E-state index in [9.17, 15) is 4.39 Å². The summed E-state index contributed by atoms with van der Waals surface area (Å²) in [5.41, 5.74) is 6.32. The highest BCUT2D eigenvalue weighted by atomic mass is 32.2. The topological polar surface area (TPSA) is 35.2 Å². The molecule has 2 N–H and O–H groups in total. The first kappa shape index (κ1) is 13.3. The van der Waals surface area contributed by atoms with Crippen LogP contribution < -0.4 is 10.5 Å². The molecule has 0 heterocycles. The number of benzene rings is 1. The monoisotopic (exact) mass is 243 g/mol. The second-order valence-electron chi connectivity index (χ2n) is 3.35. The molecule has 0 saturated heterocycles. The maximum atomic E-state index is 13.5. The molecule has 0 amide bonds. The highest BCUT2D eigenvalue weighted by Crippen LogP contribution is 2.18. The smallest absolute Gasteiger partial charge is 0.165 e. The second kappa shape index (κ2) is 7.52. The van der Waals surface area contributed by atoms with Gasteiger partial charge in [0.25, 0.3) is 0 Å². The normalized spacial score (nSPS) is 10.4. The van der Waals surface area contributed by atoms with Gasteiger partial charge in [0, 0.05) is 5.75 Å². The SMILES string of the molecule is CCSCCOc1ccc(CCN)cc1F. The maximum Gasteiger partial charge on any atom is 0.165 e. The van der Waals surface area contributed by atoms with Crippen LogP contribution in [-0.4, -0.2) is 24.7 Å². The number of thioether (sulfide) groups is 1. The molecule has 0 aromatic heterocycles. The molecule has 0 radical (unpaired) electrons. The van der Waals surface area contributed by atoms with E-state index in [2.05, 4.69) is 6.92 Å². The largest absolute Gasteiger partial charge is 0.490 e. The molecule has 0 saturated carbocycles. The van der Waals surface area contributed by atoms with Gasteiger partial charge in [-0.25, -0.2) is 4.39 Å². The Kier molecular flexibility index (Phi) is 6.26. The molecule has 1 aromatic rings. The van der Waals surface area contributed by atoms with Gasteiger partial charge in [0.2, 0.25) is 0 Å². The van der Waals surface area contributed by atoms with Crippen molar-refractivity contribution in [1.29, 1.82) is 0 Å². The molecule has 0 spiro atoms. The Balaban J connectivity index is 2.47. The summed E-state index contributed by atoms with van der Waals surface area (Å²) in [6, 6.07) is 5.03. The van der Waals surface area contributed by atoms with Crippen molar-refractivity contribution in [2.24, 2.45) is 5.73 Å². The Hall–Kier alpha value is -0.740. The van der Waals surface area contributed by atoms with E-state index in [1.165, 1.54) is 6.07 Å². The van der Waals surface area contributed by atoms with Gasteiger partial charge in [0.15, 0.2) is 11.6 Å². The Labute approximate surface area is 100 Å². The molecule has 0 bridgehead atoms. The van der Waals surface area contributed by atoms with E-state index in [1.807, 2.05) is 6.07 Å². The molecule has 90 valence electrons. The number of ether oxygens (including phenoxy) is 1. The van der Waals surface area contributed by atoms with Gasteiger partial charge in [-0.15, -0.1) is 0 Å². The van der Waals surface area contributed by atoms with Crippen molar-refractivity contribution in [2.75, 3.05) is 24.7 Å². The molecule has 0 unspecified atom stereocenters. The number of rotatable bonds is 7. The lowest BCUT2D eigenvalue weighted by Crippen LogP contribution is -2.05. The van der Waals surface area contributed by atoms with Gasteiger partial charge < -0.3 is 10.5 Å². The minimum Gasteiger partial charge on any atom is -0.490 e. The Bertz CT molecular complexity index is 320. The van der Waals surface area contributed by atoms with Gasteiger partial charge in [0.1, 0.15) is 0 Å². The molecule has 0 atom stereocenters. The van der Waals surface area contributed by atoms with Crippen LogP contribution in [0.1, 0.15) is 12.5 Å². The molecule has 1 rings (SSSR count). The van der Waals surface area contributed by atoms with Crippen LogP contribution in [0.5, 0.6) is 5.75 Å². The predicted molar refractivity (Wildman–Crippen MR) is 67.7 cm³/mol. The molecule has 0 aliphatic rings. The Morgan fingerprint density at radius 2 is 2.25 bits per heavy atom. The number of hydrogen-bond acceptors (Lipinski definition) is 3. The molecule has 16 heavy (non-hydrogen) atoms. The zero-order valence-electron chi connectivity index (χ0n) is 9.54. The highest BCUT2D eigenvalue weighted by molar-refractivity contribution is 7.99. The van der Waals surface area contributed by atoms with Crippen molar-refractivity contribution in [1.82, 2.24) is 0 Å². The Morgan fingerprint density at radius 1 is 1.44 bits per heavy atom. The predicted octanol–water partition coefficient (Wildman–Crippen LogP) is 2.46. The summed E-state index contributed by atoms with van der Waals surface area (Å²) in [4.78, 5) is 0. The van der Waals surface area contributed by atoms with Crippen LogP contribution in [0.25, 0.3) is 0 Å². The third kappa shape index (κ3) is 4.41. The van der Waals surface area contributed by atoms with E-state index >= 15 is 0 Å². The zero-order valence-corrected chi connectivity index (χ0v) is 10.4. The van der Waals surface area contributed by atoms with Gasteiger partial charge in [0.05, 0.1) is 6.61 Å². The summed E-state index contributed by atoms with van der Waals surface area (Å²) in [6.45, 7) is 3.17. The minimum absolute atomic E-state index is 0.299. The molecule has 0 aliphatic carbocycles. The fourth-order valence-electron chi connectivity index (χ4n) is 1.34.